The Morgan fingerprint density at radius 2 is 1.80 bits per heavy atom. The maximum Gasteiger partial charge on any atom is 0.494 e. The van der Waals surface area contributed by atoms with Crippen molar-refractivity contribution < 1.29 is 32.9 Å². The Balaban J connectivity index is 1.31. The van der Waals surface area contributed by atoms with Gasteiger partial charge in [-0.3, -0.25) is 9.59 Å². The summed E-state index contributed by atoms with van der Waals surface area (Å²) in [6, 6.07) is 5.27. The molecule has 46 heavy (non-hydrogen) atoms. The van der Waals surface area contributed by atoms with E-state index in [0.717, 1.165) is 56.2 Å². The van der Waals surface area contributed by atoms with Crippen molar-refractivity contribution in [2.24, 2.45) is 5.16 Å². The fourth-order valence-electron chi connectivity index (χ4n) is 6.07. The Hall–Kier alpha value is -3.22. The molecule has 3 aliphatic rings. The van der Waals surface area contributed by atoms with Crippen molar-refractivity contribution in [3.8, 4) is 17.1 Å². The second-order valence-corrected chi connectivity index (χ2v) is 13.9. The third kappa shape index (κ3) is 7.50. The minimum atomic E-state index is -0.526. The molecule has 250 valence electrons. The van der Waals surface area contributed by atoms with Crippen LogP contribution >= 0.6 is 0 Å². The second-order valence-electron chi connectivity index (χ2n) is 13.9. The molecule has 1 atom stereocenters. The van der Waals surface area contributed by atoms with Crippen LogP contribution in [-0.2, 0) is 23.7 Å². The number of unbranched alkanes of at least 4 members (excludes halogenated alkanes) is 2. The molecule has 0 aliphatic carbocycles. The van der Waals surface area contributed by atoms with E-state index in [0.29, 0.717) is 48.8 Å². The van der Waals surface area contributed by atoms with Crippen LogP contribution in [0.1, 0.15) is 104 Å². The molecule has 1 aromatic carbocycles. The Kier molecular flexibility index (Phi) is 10.3. The van der Waals surface area contributed by atoms with Gasteiger partial charge in [0.15, 0.2) is 5.76 Å². The van der Waals surface area contributed by atoms with Crippen molar-refractivity contribution in [1.29, 1.82) is 0 Å². The molecule has 11 nitrogen and oxygen atoms in total. The normalized spacial score (nSPS) is 20.8. The van der Waals surface area contributed by atoms with Gasteiger partial charge in [-0.15, -0.1) is 0 Å². The molecular weight excluding hydrogens is 587 g/mol. The average molecular weight is 637 g/mol. The minimum Gasteiger partial charge on any atom is -0.496 e. The number of piperidine rings is 1. The minimum absolute atomic E-state index is 0.266. The van der Waals surface area contributed by atoms with Crippen LogP contribution < -0.4 is 15.5 Å². The van der Waals surface area contributed by atoms with E-state index in [1.165, 1.54) is 0 Å². The summed E-state index contributed by atoms with van der Waals surface area (Å²) >= 11 is 0. The summed E-state index contributed by atoms with van der Waals surface area (Å²) in [6.07, 6.45) is 8.02. The van der Waals surface area contributed by atoms with Gasteiger partial charge in [-0.25, -0.2) is 4.98 Å². The zero-order chi connectivity index (χ0) is 33.1. The molecule has 2 aromatic rings. The van der Waals surface area contributed by atoms with Crippen LogP contribution in [0.4, 0.5) is 0 Å². The van der Waals surface area contributed by atoms with Crippen molar-refractivity contribution in [1.82, 2.24) is 15.2 Å². The highest BCUT2D eigenvalue weighted by molar-refractivity contribution is 6.62. The number of ketones is 1. The summed E-state index contributed by atoms with van der Waals surface area (Å²) in [5.74, 6) is 1.51. The molecule has 0 saturated carbocycles. The van der Waals surface area contributed by atoms with E-state index >= 15 is 0 Å². The molecule has 5 rings (SSSR count). The number of benzene rings is 1. The first-order chi connectivity index (χ1) is 21.8. The maximum atomic E-state index is 13.5. The lowest BCUT2D eigenvalue weighted by atomic mass is 9.78. The van der Waals surface area contributed by atoms with Crippen LogP contribution in [0.3, 0.4) is 0 Å². The Labute approximate surface area is 272 Å². The SMILES string of the molecule is CCC(=O)CCCCCC(NC(=O)C1=NOC2(CCN(C)CC2)C1)c1ncc(-c2ccc(B3OC(C)(C)C(C)(C)O3)cc2OC)o1. The monoisotopic (exact) mass is 636 g/mol. The van der Waals surface area contributed by atoms with Crippen molar-refractivity contribution >= 4 is 30.0 Å². The Morgan fingerprint density at radius 3 is 2.48 bits per heavy atom. The summed E-state index contributed by atoms with van der Waals surface area (Å²) in [5.41, 5.74) is 0.639. The highest BCUT2D eigenvalue weighted by atomic mass is 16.7. The number of nitrogens with zero attached hydrogens (tertiary/aromatic N) is 3. The van der Waals surface area contributed by atoms with Crippen LogP contribution in [0, 0.1) is 0 Å². The highest BCUT2D eigenvalue weighted by Gasteiger charge is 2.52. The largest absolute Gasteiger partial charge is 0.496 e. The first kappa shape index (κ1) is 34.1. The number of hydrogen-bond acceptors (Lipinski definition) is 10. The third-order valence-electron chi connectivity index (χ3n) is 9.99. The smallest absolute Gasteiger partial charge is 0.494 e. The number of hydrogen-bond donors (Lipinski definition) is 1. The molecule has 2 saturated heterocycles. The molecule has 12 heteroatoms. The van der Waals surface area contributed by atoms with Gasteiger partial charge in [-0.1, -0.05) is 31.0 Å². The number of Topliss-reactive ketones (excluding diaryl/α,β-unsaturated/α-hetero) is 1. The van der Waals surface area contributed by atoms with Crippen molar-refractivity contribution in [2.75, 3.05) is 27.2 Å². The summed E-state index contributed by atoms with van der Waals surface area (Å²) in [4.78, 5) is 38.0. The lowest BCUT2D eigenvalue weighted by Gasteiger charge is -2.35. The molecule has 0 bridgehead atoms. The van der Waals surface area contributed by atoms with E-state index in [1.54, 1.807) is 13.3 Å². The van der Waals surface area contributed by atoms with Crippen molar-refractivity contribution in [3.63, 3.8) is 0 Å². The van der Waals surface area contributed by atoms with Crippen molar-refractivity contribution in [2.45, 2.75) is 115 Å². The average Bonchev–Trinajstić information content (AvgIpc) is 3.74. The van der Waals surface area contributed by atoms with E-state index < -0.39 is 30.0 Å². The number of nitrogens with one attached hydrogen (secondary N) is 1. The number of oxazole rings is 1. The predicted octanol–water partition coefficient (Wildman–Crippen LogP) is 4.98. The molecule has 3 aliphatic heterocycles. The quantitative estimate of drug-likeness (QED) is 0.240. The van der Waals surface area contributed by atoms with Crippen LogP contribution in [0.2, 0.25) is 0 Å². The number of likely N-dealkylation sites (tertiary alicyclic amines) is 1. The number of carbonyl (C=O) groups is 2. The van der Waals surface area contributed by atoms with Gasteiger partial charge >= 0.3 is 7.12 Å². The molecule has 4 heterocycles. The first-order valence-electron chi connectivity index (χ1n) is 16.6. The summed E-state index contributed by atoms with van der Waals surface area (Å²) < 4.78 is 24.5. The fourth-order valence-corrected chi connectivity index (χ4v) is 6.07. The lowest BCUT2D eigenvalue weighted by Crippen LogP contribution is -2.44. The molecular formula is C34H49BN4O7. The number of methoxy groups -OCH3 is 1. The van der Waals surface area contributed by atoms with Gasteiger partial charge in [0.1, 0.15) is 28.9 Å². The predicted molar refractivity (Wildman–Crippen MR) is 176 cm³/mol. The number of aromatic nitrogens is 1. The van der Waals surface area contributed by atoms with Crippen LogP contribution in [0.5, 0.6) is 5.75 Å². The number of carbonyl (C=O) groups excluding carboxylic acids is 2. The molecule has 1 N–H and O–H groups in total. The molecule has 1 aromatic heterocycles. The molecule has 1 amide bonds. The number of rotatable bonds is 13. The summed E-state index contributed by atoms with van der Waals surface area (Å²) in [5, 5.41) is 7.34. The number of amides is 1. The molecule has 2 fully saturated rings. The zero-order valence-corrected chi connectivity index (χ0v) is 28.4. The first-order valence-corrected chi connectivity index (χ1v) is 16.6. The van der Waals surface area contributed by atoms with E-state index in [2.05, 4.69) is 27.4 Å². The molecule has 0 radical (unpaired) electrons. The van der Waals surface area contributed by atoms with Gasteiger partial charge in [0.2, 0.25) is 5.89 Å². The van der Waals surface area contributed by atoms with Crippen LogP contribution in [0.15, 0.2) is 34.0 Å². The third-order valence-corrected chi connectivity index (χ3v) is 9.99. The van der Waals surface area contributed by atoms with E-state index in [4.69, 9.17) is 23.3 Å². The fraction of sp³-hybridized carbons (Fsp3) is 0.647. The van der Waals surface area contributed by atoms with Crippen LogP contribution in [-0.4, -0.2) is 78.5 Å². The van der Waals surface area contributed by atoms with Gasteiger partial charge in [0.05, 0.1) is 30.1 Å². The standard InChI is InChI=1S/C34H49BN4O7/c1-8-24(40)12-10-9-11-13-26(37-30(41)27-21-34(46-38-27)16-18-39(6)19-17-34)31-36-22-29(43-31)25-15-14-23(20-28(25)42-7)35-44-32(2,3)33(4,5)45-35/h14-15,20,22,26H,8-13,16-19,21H2,1-7H3,(H,37,41). The van der Waals surface area contributed by atoms with E-state index in [9.17, 15) is 9.59 Å². The number of oxime groups is 1. The van der Waals surface area contributed by atoms with Crippen molar-refractivity contribution in [3.05, 3.63) is 30.3 Å². The molecule has 1 unspecified atom stereocenters. The topological polar surface area (TPSA) is 125 Å². The van der Waals surface area contributed by atoms with Gasteiger partial charge < -0.3 is 33.5 Å². The zero-order valence-electron chi connectivity index (χ0n) is 28.4. The second kappa shape index (κ2) is 13.9. The van der Waals surface area contributed by atoms with Gasteiger partial charge in [0.25, 0.3) is 5.91 Å². The summed E-state index contributed by atoms with van der Waals surface area (Å²) in [7, 11) is 3.17. The van der Waals surface area contributed by atoms with Gasteiger partial charge in [-0.2, -0.15) is 0 Å². The van der Waals surface area contributed by atoms with E-state index in [1.807, 2.05) is 52.8 Å². The lowest BCUT2D eigenvalue weighted by molar-refractivity contribution is -0.119. The summed E-state index contributed by atoms with van der Waals surface area (Å²) in [6.45, 7) is 11.8. The Bertz CT molecular complexity index is 1410. The maximum absolute atomic E-state index is 13.5. The Morgan fingerprint density at radius 1 is 1.09 bits per heavy atom. The number of ether oxygens (including phenoxy) is 1. The van der Waals surface area contributed by atoms with Crippen LogP contribution in [0.25, 0.3) is 11.3 Å². The van der Waals surface area contributed by atoms with Gasteiger partial charge in [0, 0.05) is 45.2 Å². The van der Waals surface area contributed by atoms with E-state index in [-0.39, 0.29) is 11.7 Å². The molecule has 1 spiro atoms. The van der Waals surface area contributed by atoms with Gasteiger partial charge in [-0.05, 0) is 65.2 Å². The highest BCUT2D eigenvalue weighted by Crippen LogP contribution is 2.38.